The molecule has 0 aromatic heterocycles. The monoisotopic (exact) mass is 429 g/mol. The van der Waals surface area contributed by atoms with Crippen LogP contribution in [0.2, 0.25) is 0 Å². The Morgan fingerprint density at radius 2 is 1.42 bits per heavy atom. The van der Waals surface area contributed by atoms with Crippen molar-refractivity contribution in [1.82, 2.24) is 0 Å². The summed E-state index contributed by atoms with van der Waals surface area (Å²) in [6.07, 6.45) is 15.6. The Labute approximate surface area is 197 Å². The van der Waals surface area contributed by atoms with E-state index in [-0.39, 0.29) is 5.41 Å². The van der Waals surface area contributed by atoms with Crippen LogP contribution in [0.5, 0.6) is 0 Å². The first-order valence-electron chi connectivity index (χ1n) is 12.2. The average molecular weight is 430 g/mol. The maximum atomic E-state index is 2.53. The van der Waals surface area contributed by atoms with Gasteiger partial charge in [-0.15, -0.1) is 0 Å². The highest BCUT2D eigenvalue weighted by Crippen LogP contribution is 2.53. The standard InChI is InChI=1S/C32H31N/c1-32(2,3)26-18-22-14-16-24-20-29(21-25-17-15-23(19-26)30(22)31(24)25)33(27-10-6-4-7-11-27)28-12-8-5-9-13-28/h4-14,16,19-21,31H,15,17-18H2,1-3H3. The van der Waals surface area contributed by atoms with Gasteiger partial charge in [0, 0.05) is 23.0 Å². The first kappa shape index (κ1) is 20.3. The van der Waals surface area contributed by atoms with Crippen molar-refractivity contribution in [3.05, 3.63) is 130 Å². The molecule has 0 saturated carbocycles. The number of nitrogens with zero attached hydrogens (tertiary/aromatic N) is 1. The van der Waals surface area contributed by atoms with E-state index in [9.17, 15) is 0 Å². The Balaban J connectivity index is 1.46. The van der Waals surface area contributed by atoms with E-state index in [2.05, 4.69) is 117 Å². The van der Waals surface area contributed by atoms with Crippen LogP contribution < -0.4 is 4.90 Å². The maximum Gasteiger partial charge on any atom is 0.0464 e. The first-order chi connectivity index (χ1) is 16.0. The number of allylic oxidation sites excluding steroid dienone is 11. The summed E-state index contributed by atoms with van der Waals surface area (Å²) in [5.74, 6) is 0.434. The van der Waals surface area contributed by atoms with Gasteiger partial charge in [-0.3, -0.25) is 0 Å². The molecule has 1 nitrogen and oxygen atoms in total. The van der Waals surface area contributed by atoms with Crippen molar-refractivity contribution >= 4 is 11.4 Å². The Morgan fingerprint density at radius 3 is 2.06 bits per heavy atom. The van der Waals surface area contributed by atoms with Gasteiger partial charge in [0.1, 0.15) is 0 Å². The molecule has 0 spiro atoms. The minimum absolute atomic E-state index is 0.227. The zero-order valence-electron chi connectivity index (χ0n) is 19.8. The highest BCUT2D eigenvalue weighted by molar-refractivity contribution is 5.73. The molecular formula is C32H31N. The summed E-state index contributed by atoms with van der Waals surface area (Å²) in [5.41, 5.74) is 13.2. The quantitative estimate of drug-likeness (QED) is 0.472. The molecule has 0 fully saturated rings. The Bertz CT molecular complexity index is 1250. The van der Waals surface area contributed by atoms with Crippen LogP contribution in [0.1, 0.15) is 40.0 Å². The average Bonchev–Trinajstić information content (AvgIpc) is 2.83. The fourth-order valence-electron chi connectivity index (χ4n) is 5.76. The molecule has 1 heteroatoms. The van der Waals surface area contributed by atoms with E-state index in [1.165, 1.54) is 28.2 Å². The molecule has 0 amide bonds. The lowest BCUT2D eigenvalue weighted by Gasteiger charge is -2.42. The molecule has 0 bridgehead atoms. The van der Waals surface area contributed by atoms with Crippen molar-refractivity contribution < 1.29 is 0 Å². The van der Waals surface area contributed by atoms with Gasteiger partial charge in [-0.05, 0) is 83.4 Å². The van der Waals surface area contributed by atoms with Crippen molar-refractivity contribution in [1.29, 1.82) is 0 Å². The summed E-state index contributed by atoms with van der Waals surface area (Å²) in [6, 6.07) is 21.5. The van der Waals surface area contributed by atoms with Gasteiger partial charge in [0.05, 0.1) is 0 Å². The van der Waals surface area contributed by atoms with Crippen molar-refractivity contribution in [3.63, 3.8) is 0 Å². The fourth-order valence-corrected chi connectivity index (χ4v) is 5.76. The third-order valence-electron chi connectivity index (χ3n) is 7.47. The van der Waals surface area contributed by atoms with Gasteiger partial charge in [0.2, 0.25) is 0 Å². The van der Waals surface area contributed by atoms with E-state index < -0.39 is 0 Å². The molecule has 0 saturated heterocycles. The maximum absolute atomic E-state index is 2.53. The van der Waals surface area contributed by atoms with Crippen molar-refractivity contribution in [2.75, 3.05) is 4.90 Å². The third-order valence-corrected chi connectivity index (χ3v) is 7.47. The van der Waals surface area contributed by atoms with Crippen LogP contribution >= 0.6 is 0 Å². The Hall–Kier alpha value is -3.32. The molecule has 4 aliphatic carbocycles. The SMILES string of the molecule is CC(C)(C)C1=CC2=C3C(=CC=C4C=C(N(c5ccccc5)c5ccccc5)C=C(CC2)C43)C1. The summed E-state index contributed by atoms with van der Waals surface area (Å²) in [7, 11) is 0. The number of benzene rings is 2. The Morgan fingerprint density at radius 1 is 0.758 bits per heavy atom. The van der Waals surface area contributed by atoms with Crippen LogP contribution in [-0.2, 0) is 0 Å². The summed E-state index contributed by atoms with van der Waals surface area (Å²) >= 11 is 0. The molecule has 33 heavy (non-hydrogen) atoms. The summed E-state index contributed by atoms with van der Waals surface area (Å²) < 4.78 is 0. The number of hydrogen-bond acceptors (Lipinski definition) is 1. The van der Waals surface area contributed by atoms with Crippen molar-refractivity contribution in [2.45, 2.75) is 40.0 Å². The molecule has 6 rings (SSSR count). The van der Waals surface area contributed by atoms with E-state index >= 15 is 0 Å². The van der Waals surface area contributed by atoms with Crippen LogP contribution in [-0.4, -0.2) is 0 Å². The molecule has 0 radical (unpaired) electrons. The molecule has 1 unspecified atom stereocenters. The number of rotatable bonds is 3. The van der Waals surface area contributed by atoms with Gasteiger partial charge in [-0.1, -0.05) is 86.5 Å². The zero-order chi connectivity index (χ0) is 22.6. The Kier molecular flexibility index (Phi) is 4.69. The molecule has 4 aliphatic rings. The van der Waals surface area contributed by atoms with E-state index in [0.29, 0.717) is 5.92 Å². The highest BCUT2D eigenvalue weighted by Gasteiger charge is 2.38. The predicted molar refractivity (Wildman–Crippen MR) is 139 cm³/mol. The van der Waals surface area contributed by atoms with Crippen LogP contribution in [0.15, 0.2) is 130 Å². The second kappa shape index (κ2) is 7.63. The van der Waals surface area contributed by atoms with E-state index in [1.54, 1.807) is 22.3 Å². The highest BCUT2D eigenvalue weighted by atomic mass is 15.1. The minimum Gasteiger partial charge on any atom is -0.310 e. The second-order valence-corrected chi connectivity index (χ2v) is 10.6. The molecule has 0 heterocycles. The molecular weight excluding hydrogens is 398 g/mol. The van der Waals surface area contributed by atoms with Crippen LogP contribution in [0.25, 0.3) is 0 Å². The van der Waals surface area contributed by atoms with Crippen LogP contribution in [0.3, 0.4) is 0 Å². The summed E-state index contributed by atoms with van der Waals surface area (Å²) in [4.78, 5) is 2.39. The molecule has 1 atom stereocenters. The molecule has 0 aliphatic heterocycles. The molecule has 2 aromatic rings. The van der Waals surface area contributed by atoms with Gasteiger partial charge in [0.25, 0.3) is 0 Å². The fraction of sp³-hybridized carbons (Fsp3) is 0.250. The molecule has 0 N–H and O–H groups in total. The van der Waals surface area contributed by atoms with Crippen LogP contribution in [0, 0.1) is 11.3 Å². The van der Waals surface area contributed by atoms with E-state index in [1.807, 2.05) is 0 Å². The molecule has 2 aromatic carbocycles. The second-order valence-electron chi connectivity index (χ2n) is 10.6. The van der Waals surface area contributed by atoms with Crippen LogP contribution in [0.4, 0.5) is 11.4 Å². The number of anilines is 2. The van der Waals surface area contributed by atoms with Gasteiger partial charge in [-0.25, -0.2) is 0 Å². The van der Waals surface area contributed by atoms with E-state index in [0.717, 1.165) is 19.3 Å². The van der Waals surface area contributed by atoms with Crippen molar-refractivity contribution in [3.8, 4) is 0 Å². The van der Waals surface area contributed by atoms with Crippen molar-refractivity contribution in [2.24, 2.45) is 11.3 Å². The zero-order valence-corrected chi connectivity index (χ0v) is 19.8. The topological polar surface area (TPSA) is 3.24 Å². The largest absolute Gasteiger partial charge is 0.310 e. The van der Waals surface area contributed by atoms with Gasteiger partial charge in [0.15, 0.2) is 0 Å². The predicted octanol–water partition coefficient (Wildman–Crippen LogP) is 8.60. The summed E-state index contributed by atoms with van der Waals surface area (Å²) in [5, 5.41) is 0. The van der Waals surface area contributed by atoms with Gasteiger partial charge in [-0.2, -0.15) is 0 Å². The lowest BCUT2D eigenvalue weighted by Crippen LogP contribution is -2.28. The normalized spacial score (nSPS) is 21.3. The van der Waals surface area contributed by atoms with Gasteiger partial charge < -0.3 is 4.90 Å². The minimum atomic E-state index is 0.227. The molecule has 164 valence electrons. The first-order valence-corrected chi connectivity index (χ1v) is 12.2. The lowest BCUT2D eigenvalue weighted by molar-refractivity contribution is 0.485. The number of hydrogen-bond donors (Lipinski definition) is 0. The third kappa shape index (κ3) is 3.47. The lowest BCUT2D eigenvalue weighted by atomic mass is 9.63. The summed E-state index contributed by atoms with van der Waals surface area (Å²) in [6.45, 7) is 7.04. The number of para-hydroxylation sites is 2. The smallest absolute Gasteiger partial charge is 0.0464 e. The van der Waals surface area contributed by atoms with E-state index in [4.69, 9.17) is 0 Å². The van der Waals surface area contributed by atoms with Gasteiger partial charge >= 0.3 is 0 Å².